The predicted octanol–water partition coefficient (Wildman–Crippen LogP) is -3.46. The van der Waals surface area contributed by atoms with E-state index in [0.29, 0.717) is 6.42 Å². The summed E-state index contributed by atoms with van der Waals surface area (Å²) in [6.45, 7) is 1.80. The van der Waals surface area contributed by atoms with E-state index in [4.69, 9.17) is 0 Å². The fraction of sp³-hybridized carbons (Fsp3) is 0.750. The molecule has 2 nitrogen and oxygen atoms in total. The summed E-state index contributed by atoms with van der Waals surface area (Å²) in [6, 6.07) is 0. The molecule has 0 unspecified atom stereocenters. The standard InChI is InChI=1S/C4H8O2.Na/c1-2-3-4(5)6;/h2-3H2,1H3,(H,5,6);/q;+1/p-1/i1+1,2+1,3+1,4+1;. The molecule has 0 saturated carbocycles. The topological polar surface area (TPSA) is 40.1 Å². The van der Waals surface area contributed by atoms with Crippen molar-refractivity contribution >= 4 is 5.97 Å². The van der Waals surface area contributed by atoms with Gasteiger partial charge in [-0.05, 0) is 6.42 Å². The van der Waals surface area contributed by atoms with E-state index in [0.717, 1.165) is 0 Å². The number of carbonyl (C=O) groups excluding carboxylic acids is 1. The zero-order valence-corrected chi connectivity index (χ0v) is 6.73. The number of hydrogen-bond acceptors (Lipinski definition) is 2. The summed E-state index contributed by atoms with van der Waals surface area (Å²) < 4.78 is 0. The van der Waals surface area contributed by atoms with Crippen LogP contribution in [-0.4, -0.2) is 5.97 Å². The Hall–Kier alpha value is 0.470. The van der Waals surface area contributed by atoms with E-state index < -0.39 is 5.97 Å². The van der Waals surface area contributed by atoms with Gasteiger partial charge in [-0.15, -0.1) is 0 Å². The van der Waals surface area contributed by atoms with Crippen molar-refractivity contribution in [3.63, 3.8) is 0 Å². The minimum Gasteiger partial charge on any atom is -0.550 e. The van der Waals surface area contributed by atoms with Gasteiger partial charge in [0.1, 0.15) is 0 Å². The Morgan fingerprint density at radius 1 is 1.71 bits per heavy atom. The maximum Gasteiger partial charge on any atom is 1.00 e. The predicted molar refractivity (Wildman–Crippen MR) is 19.9 cm³/mol. The maximum absolute atomic E-state index is 9.49. The van der Waals surface area contributed by atoms with Crippen LogP contribution in [0.5, 0.6) is 0 Å². The summed E-state index contributed by atoms with van der Waals surface area (Å²) in [5.74, 6) is -0.961. The van der Waals surface area contributed by atoms with Gasteiger partial charge in [-0.25, -0.2) is 0 Å². The Morgan fingerprint density at radius 3 is 2.14 bits per heavy atom. The molecule has 0 aliphatic carbocycles. The largest absolute Gasteiger partial charge is 1.00 e. The fourth-order valence-corrected chi connectivity index (χ4v) is 0.204. The van der Waals surface area contributed by atoms with Crippen molar-refractivity contribution in [3.05, 3.63) is 0 Å². The molecule has 0 spiro atoms. The Morgan fingerprint density at radius 2 is 2.14 bits per heavy atom. The molecule has 36 valence electrons. The van der Waals surface area contributed by atoms with Gasteiger partial charge in [-0.1, -0.05) is 13.3 Å². The number of hydrogen-bond donors (Lipinski definition) is 0. The molecule has 0 rings (SSSR count). The molecule has 0 aromatic rings. The van der Waals surface area contributed by atoms with Crippen LogP contribution < -0.4 is 34.7 Å². The maximum atomic E-state index is 9.49. The molecule has 0 atom stereocenters. The zero-order valence-electron chi connectivity index (χ0n) is 4.73. The Kier molecular flexibility index (Phi) is 9.66. The van der Waals surface area contributed by atoms with Gasteiger partial charge in [0, 0.05) is 5.97 Å². The van der Waals surface area contributed by atoms with Gasteiger partial charge in [0.15, 0.2) is 0 Å². The Labute approximate surface area is 65.2 Å². The fourth-order valence-electron chi connectivity index (χ4n) is 0.204. The molecule has 0 amide bonds. The van der Waals surface area contributed by atoms with Crippen molar-refractivity contribution in [1.82, 2.24) is 0 Å². The van der Waals surface area contributed by atoms with Gasteiger partial charge in [-0.3, -0.25) is 0 Å². The van der Waals surface area contributed by atoms with Crippen LogP contribution in [-0.2, 0) is 4.79 Å². The van der Waals surface area contributed by atoms with Crippen molar-refractivity contribution in [2.45, 2.75) is 19.8 Å². The molecule has 0 aromatic heterocycles. The minimum atomic E-state index is -0.961. The van der Waals surface area contributed by atoms with Crippen molar-refractivity contribution < 1.29 is 39.5 Å². The summed E-state index contributed by atoms with van der Waals surface area (Å²) in [4.78, 5) is 9.49. The molecule has 0 aromatic carbocycles. The minimum absolute atomic E-state index is 0. The van der Waals surface area contributed by atoms with Crippen LogP contribution in [0, 0.1) is 0 Å². The average molecular weight is 114 g/mol. The molecule has 0 radical (unpaired) electrons. The SMILES string of the molecule is [13CH3][13CH2][13CH2][13C](=O)[O-].[Na+]. The van der Waals surface area contributed by atoms with Gasteiger partial charge in [-0.2, -0.15) is 0 Å². The molecule has 0 fully saturated rings. The van der Waals surface area contributed by atoms with Crippen molar-refractivity contribution in [2.24, 2.45) is 0 Å². The molecular weight excluding hydrogens is 107 g/mol. The van der Waals surface area contributed by atoms with Crippen molar-refractivity contribution in [3.8, 4) is 0 Å². The summed E-state index contributed by atoms with van der Waals surface area (Å²) in [7, 11) is 0. The normalized spacial score (nSPS) is 7.00. The molecule has 3 heteroatoms. The van der Waals surface area contributed by atoms with Gasteiger partial charge < -0.3 is 9.90 Å². The summed E-state index contributed by atoms with van der Waals surface area (Å²) in [6.07, 6.45) is 0.850. The number of aliphatic carboxylic acids is 1. The van der Waals surface area contributed by atoms with Crippen LogP contribution in [0.25, 0.3) is 0 Å². The molecule has 0 saturated heterocycles. The van der Waals surface area contributed by atoms with Crippen LogP contribution in [0.2, 0.25) is 0 Å². The van der Waals surface area contributed by atoms with E-state index in [1.165, 1.54) is 0 Å². The van der Waals surface area contributed by atoms with Crippen LogP contribution in [0.4, 0.5) is 0 Å². The second kappa shape index (κ2) is 6.47. The summed E-state index contributed by atoms with van der Waals surface area (Å²) in [5.41, 5.74) is 0. The van der Waals surface area contributed by atoms with Gasteiger partial charge in [0.2, 0.25) is 0 Å². The van der Waals surface area contributed by atoms with Gasteiger partial charge in [0.05, 0.1) is 0 Å². The molecule has 0 aliphatic rings. The van der Waals surface area contributed by atoms with Gasteiger partial charge in [0.25, 0.3) is 0 Å². The summed E-state index contributed by atoms with van der Waals surface area (Å²) >= 11 is 0. The van der Waals surface area contributed by atoms with E-state index in [1.54, 1.807) is 6.92 Å². The Balaban J connectivity index is 0. The molecule has 0 N–H and O–H groups in total. The van der Waals surface area contributed by atoms with E-state index in [9.17, 15) is 9.90 Å². The first-order valence-electron chi connectivity index (χ1n) is 1.97. The second-order valence-electron chi connectivity index (χ2n) is 1.12. The zero-order chi connectivity index (χ0) is 4.99. The molecule has 7 heavy (non-hydrogen) atoms. The van der Waals surface area contributed by atoms with Gasteiger partial charge >= 0.3 is 29.6 Å². The van der Waals surface area contributed by atoms with Crippen LogP contribution in [0.3, 0.4) is 0 Å². The average Bonchev–Trinajstić information content (AvgIpc) is 1.35. The second-order valence-corrected chi connectivity index (χ2v) is 1.12. The number of rotatable bonds is 2. The van der Waals surface area contributed by atoms with E-state index in [1.807, 2.05) is 0 Å². The van der Waals surface area contributed by atoms with Crippen LogP contribution >= 0.6 is 0 Å². The third-order valence-corrected chi connectivity index (χ3v) is 0.454. The third kappa shape index (κ3) is 10.7. The van der Waals surface area contributed by atoms with E-state index in [2.05, 4.69) is 0 Å². The smallest absolute Gasteiger partial charge is 0.550 e. The quantitative estimate of drug-likeness (QED) is 0.276. The monoisotopic (exact) mass is 114 g/mol. The first-order chi connectivity index (χ1) is 2.77. The number of carboxylic acid groups (broad SMARTS) is 1. The number of carbonyl (C=O) groups is 1. The van der Waals surface area contributed by atoms with Crippen LogP contribution in [0.1, 0.15) is 19.8 Å². The molecular formula is C4H7NaO2. The summed E-state index contributed by atoms with van der Waals surface area (Å²) in [5, 5.41) is 9.49. The first-order valence-corrected chi connectivity index (χ1v) is 1.97. The van der Waals surface area contributed by atoms with E-state index in [-0.39, 0.29) is 36.0 Å². The number of carboxylic acids is 1. The molecule has 0 aliphatic heterocycles. The van der Waals surface area contributed by atoms with E-state index >= 15 is 0 Å². The van der Waals surface area contributed by atoms with Crippen molar-refractivity contribution in [1.29, 1.82) is 0 Å². The molecule has 0 bridgehead atoms. The molecule has 0 heterocycles. The Bertz CT molecular complexity index is 53.7. The van der Waals surface area contributed by atoms with Crippen LogP contribution in [0.15, 0.2) is 0 Å². The van der Waals surface area contributed by atoms with Crippen molar-refractivity contribution in [2.75, 3.05) is 0 Å². The first kappa shape index (κ1) is 10.5. The third-order valence-electron chi connectivity index (χ3n) is 0.454.